The minimum Gasteiger partial charge on any atom is -0.486 e. The highest BCUT2D eigenvalue weighted by molar-refractivity contribution is 5.98. The van der Waals surface area contributed by atoms with Gasteiger partial charge in [-0.3, -0.25) is 9.59 Å². The van der Waals surface area contributed by atoms with E-state index in [0.717, 1.165) is 0 Å². The summed E-state index contributed by atoms with van der Waals surface area (Å²) >= 11 is 0. The molecule has 8 nitrogen and oxygen atoms in total. The van der Waals surface area contributed by atoms with Crippen LogP contribution in [0.3, 0.4) is 0 Å². The molecule has 1 aromatic carbocycles. The third kappa shape index (κ3) is 2.98. The van der Waals surface area contributed by atoms with Crippen molar-refractivity contribution < 1.29 is 23.5 Å². The molecule has 1 aromatic heterocycles. The van der Waals surface area contributed by atoms with Crippen LogP contribution in [0, 0.1) is 5.92 Å². The Balaban J connectivity index is 1.55. The van der Waals surface area contributed by atoms with E-state index in [2.05, 4.69) is 4.98 Å². The molecule has 1 fully saturated rings. The molecule has 0 bridgehead atoms. The van der Waals surface area contributed by atoms with Gasteiger partial charge < -0.3 is 24.5 Å². The summed E-state index contributed by atoms with van der Waals surface area (Å²) in [5.74, 6) is 0.978. The van der Waals surface area contributed by atoms with E-state index in [1.807, 2.05) is 6.07 Å². The second-order valence-electron chi connectivity index (χ2n) is 6.36. The van der Waals surface area contributed by atoms with Crippen molar-refractivity contribution in [3.63, 3.8) is 0 Å². The largest absolute Gasteiger partial charge is 0.486 e. The summed E-state index contributed by atoms with van der Waals surface area (Å²) in [6.45, 7) is 1.94. The number of nitrogens with zero attached hydrogens (tertiary/aromatic N) is 2. The van der Waals surface area contributed by atoms with Crippen LogP contribution in [0.15, 0.2) is 29.0 Å². The second-order valence-corrected chi connectivity index (χ2v) is 6.36. The number of oxazole rings is 1. The number of ether oxygens (including phenoxy) is 2. The highest BCUT2D eigenvalue weighted by Crippen LogP contribution is 2.35. The fraction of sp³-hybridized carbons (Fsp3) is 0.389. The van der Waals surface area contributed by atoms with Crippen LogP contribution in [0.5, 0.6) is 11.5 Å². The lowest BCUT2D eigenvalue weighted by Crippen LogP contribution is -2.42. The average molecular weight is 357 g/mol. The first-order valence-electron chi connectivity index (χ1n) is 8.55. The molecule has 0 aliphatic carbocycles. The van der Waals surface area contributed by atoms with Gasteiger partial charge >= 0.3 is 0 Å². The molecule has 8 heteroatoms. The van der Waals surface area contributed by atoms with E-state index in [1.54, 1.807) is 17.0 Å². The number of hydrogen-bond donors (Lipinski definition) is 1. The normalized spacial score (nSPS) is 17.2. The zero-order chi connectivity index (χ0) is 18.1. The molecule has 0 unspecified atom stereocenters. The van der Waals surface area contributed by atoms with Crippen molar-refractivity contribution in [3.05, 3.63) is 30.3 Å². The van der Waals surface area contributed by atoms with Gasteiger partial charge in [-0.2, -0.15) is 0 Å². The lowest BCUT2D eigenvalue weighted by atomic mass is 9.96. The van der Waals surface area contributed by atoms with E-state index in [0.29, 0.717) is 62.0 Å². The summed E-state index contributed by atoms with van der Waals surface area (Å²) in [4.78, 5) is 29.9. The molecule has 2 N–H and O–H groups in total. The molecule has 0 spiro atoms. The summed E-state index contributed by atoms with van der Waals surface area (Å²) in [6.07, 6.45) is 2.39. The molecule has 136 valence electrons. The van der Waals surface area contributed by atoms with Crippen LogP contribution in [0.4, 0.5) is 0 Å². The van der Waals surface area contributed by atoms with Crippen molar-refractivity contribution in [2.75, 3.05) is 26.3 Å². The summed E-state index contributed by atoms with van der Waals surface area (Å²) in [6, 6.07) is 5.38. The molecule has 2 aliphatic heterocycles. The number of benzene rings is 1. The van der Waals surface area contributed by atoms with Crippen LogP contribution < -0.4 is 15.2 Å². The molecular formula is C18H19N3O5. The van der Waals surface area contributed by atoms with Crippen molar-refractivity contribution in [3.8, 4) is 22.8 Å². The van der Waals surface area contributed by atoms with Gasteiger partial charge in [-0.15, -0.1) is 0 Å². The van der Waals surface area contributed by atoms with Gasteiger partial charge in [0.2, 0.25) is 5.91 Å². The van der Waals surface area contributed by atoms with E-state index >= 15 is 0 Å². The fourth-order valence-corrected chi connectivity index (χ4v) is 3.30. The predicted molar refractivity (Wildman–Crippen MR) is 90.8 cm³/mol. The number of carbonyl (C=O) groups is 2. The standard InChI is InChI=1S/C18H19N3O5/c19-17(22)11-3-5-21(6-4-11)18(23)15-16(26-10-20-15)12-1-2-13-14(9-12)25-8-7-24-13/h1-2,9-11H,3-8H2,(H2,19,22). The third-order valence-electron chi connectivity index (χ3n) is 4.76. The zero-order valence-corrected chi connectivity index (χ0v) is 14.1. The van der Waals surface area contributed by atoms with Gasteiger partial charge in [0, 0.05) is 24.6 Å². The molecule has 0 atom stereocenters. The predicted octanol–water partition coefficient (Wildman–Crippen LogP) is 1.45. The molecule has 0 radical (unpaired) electrons. The van der Waals surface area contributed by atoms with Crippen molar-refractivity contribution in [1.29, 1.82) is 0 Å². The number of hydrogen-bond acceptors (Lipinski definition) is 6. The summed E-state index contributed by atoms with van der Waals surface area (Å²) < 4.78 is 16.6. The maximum Gasteiger partial charge on any atom is 0.276 e. The van der Waals surface area contributed by atoms with E-state index in [4.69, 9.17) is 19.6 Å². The van der Waals surface area contributed by atoms with Gasteiger partial charge in [-0.05, 0) is 31.0 Å². The number of primary amides is 1. The molecule has 1 saturated heterocycles. The zero-order valence-electron chi connectivity index (χ0n) is 14.1. The number of piperidine rings is 1. The number of aromatic nitrogens is 1. The Labute approximate surface area is 149 Å². The third-order valence-corrected chi connectivity index (χ3v) is 4.76. The van der Waals surface area contributed by atoms with Crippen molar-refractivity contribution in [2.24, 2.45) is 11.7 Å². The van der Waals surface area contributed by atoms with E-state index in [-0.39, 0.29) is 23.4 Å². The fourth-order valence-electron chi connectivity index (χ4n) is 3.30. The first-order chi connectivity index (χ1) is 12.6. The van der Waals surface area contributed by atoms with Crippen molar-refractivity contribution >= 4 is 11.8 Å². The molecule has 2 aromatic rings. The molecule has 0 saturated carbocycles. The minimum absolute atomic E-state index is 0.173. The molecular weight excluding hydrogens is 338 g/mol. The smallest absolute Gasteiger partial charge is 0.276 e. The molecule has 2 aliphatic rings. The number of rotatable bonds is 3. The minimum atomic E-state index is -0.310. The average Bonchev–Trinajstić information content (AvgIpc) is 3.17. The summed E-state index contributed by atoms with van der Waals surface area (Å²) in [5.41, 5.74) is 6.29. The molecule has 2 amide bonds. The quantitative estimate of drug-likeness (QED) is 0.891. The molecule has 4 rings (SSSR count). The summed E-state index contributed by atoms with van der Waals surface area (Å²) in [5, 5.41) is 0. The van der Waals surface area contributed by atoms with Gasteiger partial charge in [0.15, 0.2) is 29.3 Å². The Morgan fingerprint density at radius 2 is 1.85 bits per heavy atom. The van der Waals surface area contributed by atoms with E-state index < -0.39 is 0 Å². The number of nitrogens with two attached hydrogens (primary N) is 1. The highest BCUT2D eigenvalue weighted by Gasteiger charge is 2.30. The summed E-state index contributed by atoms with van der Waals surface area (Å²) in [7, 11) is 0. The Kier molecular flexibility index (Phi) is 4.24. The van der Waals surface area contributed by atoms with Crippen LogP contribution in [0.1, 0.15) is 23.3 Å². The second kappa shape index (κ2) is 6.70. The highest BCUT2D eigenvalue weighted by atomic mass is 16.6. The van der Waals surface area contributed by atoms with Crippen LogP contribution in [0.25, 0.3) is 11.3 Å². The number of fused-ring (bicyclic) bond motifs is 1. The van der Waals surface area contributed by atoms with Gasteiger partial charge in [0.05, 0.1) is 0 Å². The Morgan fingerprint density at radius 1 is 1.12 bits per heavy atom. The maximum absolute atomic E-state index is 12.9. The van der Waals surface area contributed by atoms with Crippen molar-refractivity contribution in [2.45, 2.75) is 12.8 Å². The first kappa shape index (κ1) is 16.4. The lowest BCUT2D eigenvalue weighted by Gasteiger charge is -2.30. The van der Waals surface area contributed by atoms with Crippen LogP contribution in [0.2, 0.25) is 0 Å². The number of likely N-dealkylation sites (tertiary alicyclic amines) is 1. The molecule has 3 heterocycles. The Hall–Kier alpha value is -3.03. The maximum atomic E-state index is 12.9. The van der Waals surface area contributed by atoms with Gasteiger partial charge in [-0.1, -0.05) is 0 Å². The Bertz CT molecular complexity index is 839. The monoisotopic (exact) mass is 357 g/mol. The van der Waals surface area contributed by atoms with E-state index in [9.17, 15) is 9.59 Å². The first-order valence-corrected chi connectivity index (χ1v) is 8.55. The Morgan fingerprint density at radius 3 is 2.58 bits per heavy atom. The van der Waals surface area contributed by atoms with Crippen LogP contribution >= 0.6 is 0 Å². The van der Waals surface area contributed by atoms with Crippen LogP contribution in [-0.2, 0) is 4.79 Å². The van der Waals surface area contributed by atoms with Crippen LogP contribution in [-0.4, -0.2) is 48.0 Å². The number of carbonyl (C=O) groups excluding carboxylic acids is 2. The van der Waals surface area contributed by atoms with Crippen molar-refractivity contribution in [1.82, 2.24) is 9.88 Å². The van der Waals surface area contributed by atoms with Gasteiger partial charge in [0.1, 0.15) is 13.2 Å². The lowest BCUT2D eigenvalue weighted by molar-refractivity contribution is -0.123. The van der Waals surface area contributed by atoms with Gasteiger partial charge in [0.25, 0.3) is 5.91 Å². The number of amides is 2. The van der Waals surface area contributed by atoms with Gasteiger partial charge in [-0.25, -0.2) is 4.98 Å². The topological polar surface area (TPSA) is 108 Å². The van der Waals surface area contributed by atoms with E-state index in [1.165, 1.54) is 6.39 Å². The molecule has 26 heavy (non-hydrogen) atoms. The SMILES string of the molecule is NC(=O)C1CCN(C(=O)c2ncoc2-c2ccc3c(c2)OCCO3)CC1.